The van der Waals surface area contributed by atoms with Gasteiger partial charge in [0.1, 0.15) is 0 Å². The minimum atomic E-state index is -1.55. The molecule has 0 spiro atoms. The smallest absolute Gasteiger partial charge is 0.180 e. The fourth-order valence-electron chi connectivity index (χ4n) is 0. The molecule has 0 aliphatic carbocycles. The zero-order valence-corrected chi connectivity index (χ0v) is 11.1. The average Bonchev–Trinajstić information content (AvgIpc) is 1.38. The summed E-state index contributed by atoms with van der Waals surface area (Å²) in [6.07, 6.45) is 0.694. The van der Waals surface area contributed by atoms with E-state index >= 15 is 0 Å². The van der Waals surface area contributed by atoms with Crippen LogP contribution in [0.5, 0.6) is 0 Å². The van der Waals surface area contributed by atoms with E-state index in [1.54, 1.807) is 0 Å². The van der Waals surface area contributed by atoms with Crippen molar-refractivity contribution in [2.75, 3.05) is 0 Å². The van der Waals surface area contributed by atoms with E-state index in [1.165, 1.54) is 0 Å². The molecule has 0 saturated heterocycles. The van der Waals surface area contributed by atoms with E-state index in [1.807, 2.05) is 0 Å². The van der Waals surface area contributed by atoms with Crippen LogP contribution in [0.15, 0.2) is 0 Å². The fraction of sp³-hybridized carbons (Fsp3) is 0. The monoisotopic (exact) mass is 473 g/mol. The predicted molar refractivity (Wildman–Crippen MR) is 13.3 cm³/mol. The number of aliphatic carboxylic acids is 1. The standard InChI is InChI=1S/C2HO3.Eu.Gd.Y/c3-1-2(4)5;;;/h(H,4,5);;;/q-1;;;. The van der Waals surface area contributed by atoms with E-state index < -0.39 is 5.97 Å². The number of carboxylic acids is 1. The van der Waals surface area contributed by atoms with Crippen LogP contribution in [-0.2, 0) is 42.3 Å². The van der Waals surface area contributed by atoms with Gasteiger partial charge < -0.3 is 9.90 Å². The SMILES string of the molecule is O=[C-]C(=O)O.[Eu].[Gd].[Y]. The first-order chi connectivity index (χ1) is 2.27. The Kier molecular flexibility index (Phi) is 46.7. The molecule has 0 aliphatic heterocycles. The quantitative estimate of drug-likeness (QED) is 0.402. The van der Waals surface area contributed by atoms with Gasteiger partial charge in [0.25, 0.3) is 0 Å². The largest absolute Gasteiger partial charge is 0.531 e. The summed E-state index contributed by atoms with van der Waals surface area (Å²) in [4.78, 5) is 17.7. The molecule has 1 N–H and O–H groups in total. The van der Waals surface area contributed by atoms with Gasteiger partial charge in [0.05, 0.1) is 0 Å². The number of carbonyl (C=O) groups is 1. The molecule has 8 heavy (non-hydrogen) atoms. The van der Waals surface area contributed by atoms with E-state index in [0.29, 0.717) is 6.29 Å². The van der Waals surface area contributed by atoms with Gasteiger partial charge in [-0.2, -0.15) is 6.29 Å². The number of hydrogen-bond acceptors (Lipinski definition) is 2. The second-order valence-electron chi connectivity index (χ2n) is 0.407. The molecule has 0 amide bonds. The summed E-state index contributed by atoms with van der Waals surface area (Å²) in [5, 5.41) is 7.30. The molecule has 3 nitrogen and oxygen atoms in total. The summed E-state index contributed by atoms with van der Waals surface area (Å²) in [6, 6.07) is 0. The van der Waals surface area contributed by atoms with Gasteiger partial charge >= 0.3 is 0 Å². The minimum absolute atomic E-state index is 0. The molecule has 0 atom stereocenters. The molecule has 0 aromatic heterocycles. The maximum atomic E-state index is 8.94. The van der Waals surface area contributed by atoms with Crippen molar-refractivity contribution in [3.8, 4) is 0 Å². The number of rotatable bonds is 1. The van der Waals surface area contributed by atoms with Gasteiger partial charge in [-0.05, 0) is 0 Å². The van der Waals surface area contributed by atoms with E-state index in [2.05, 4.69) is 0 Å². The summed E-state index contributed by atoms with van der Waals surface area (Å²) in [6.45, 7) is 0. The maximum Gasteiger partial charge on any atom is 0.180 e. The van der Waals surface area contributed by atoms with E-state index in [-0.39, 0.29) is 122 Å². The third-order valence-corrected chi connectivity index (χ3v) is 0.0873. The molecule has 0 heterocycles. The van der Waals surface area contributed by atoms with Crippen LogP contribution >= 0.6 is 0 Å². The average molecular weight is 471 g/mol. The Morgan fingerprint density at radius 2 is 1.62 bits per heavy atom. The van der Waals surface area contributed by atoms with Gasteiger partial charge in [0.15, 0.2) is 5.97 Å². The molecular formula is C2HEuGdO3Y-. The summed E-state index contributed by atoms with van der Waals surface area (Å²) in [5.41, 5.74) is 0. The van der Waals surface area contributed by atoms with Crippen LogP contribution in [-0.4, -0.2) is 17.4 Å². The van der Waals surface area contributed by atoms with Gasteiger partial charge in [0, 0.05) is 122 Å². The first-order valence-electron chi connectivity index (χ1n) is 0.882. The van der Waals surface area contributed by atoms with Crippen molar-refractivity contribution < 1.29 is 137 Å². The number of carbonyl (C=O) groups excluding carboxylic acids is 1. The molecule has 0 aromatic carbocycles. The van der Waals surface area contributed by atoms with Crippen molar-refractivity contribution >= 4 is 12.3 Å². The topological polar surface area (TPSA) is 54.4 Å². The molecule has 46 valence electrons. The van der Waals surface area contributed by atoms with Gasteiger partial charge in [-0.1, -0.05) is 0 Å². The second-order valence-corrected chi connectivity index (χ2v) is 0.407. The summed E-state index contributed by atoms with van der Waals surface area (Å²) >= 11 is 0. The van der Waals surface area contributed by atoms with Crippen molar-refractivity contribution in [2.24, 2.45) is 0 Å². The van der Waals surface area contributed by atoms with Crippen LogP contribution in [0.4, 0.5) is 0 Å². The van der Waals surface area contributed by atoms with Crippen molar-refractivity contribution in [3.05, 3.63) is 0 Å². The van der Waals surface area contributed by atoms with Crippen LogP contribution in [0, 0.1) is 89.3 Å². The Hall–Kier alpha value is 3.15. The molecule has 0 aliphatic rings. The van der Waals surface area contributed by atoms with Crippen molar-refractivity contribution in [1.29, 1.82) is 0 Å². The number of carboxylic acid groups (broad SMARTS) is 1. The second kappa shape index (κ2) is 16.6. The zero-order chi connectivity index (χ0) is 4.28. The van der Waals surface area contributed by atoms with Gasteiger partial charge in [-0.25, -0.2) is 0 Å². The molecule has 0 fully saturated rings. The molecular weight excluding hydrogens is 470 g/mol. The van der Waals surface area contributed by atoms with Gasteiger partial charge in [-0.15, -0.1) is 0 Å². The molecule has 6 heteroatoms. The Bertz CT molecular complexity index is 68.3. The molecule has 0 unspecified atom stereocenters. The Labute approximate surface area is 145 Å². The van der Waals surface area contributed by atoms with Crippen molar-refractivity contribution in [2.45, 2.75) is 0 Å². The van der Waals surface area contributed by atoms with Gasteiger partial charge in [-0.3, -0.25) is 4.79 Å². The zero-order valence-electron chi connectivity index (χ0n) is 3.57. The van der Waals surface area contributed by atoms with Gasteiger partial charge in [0.2, 0.25) is 0 Å². The predicted octanol–water partition coefficient (Wildman–Crippen LogP) is -0.822. The summed E-state index contributed by atoms with van der Waals surface area (Å²) < 4.78 is 0. The van der Waals surface area contributed by atoms with Crippen LogP contribution < -0.4 is 0 Å². The molecule has 0 aromatic rings. The van der Waals surface area contributed by atoms with E-state index in [0.717, 1.165) is 0 Å². The minimum Gasteiger partial charge on any atom is -0.531 e. The molecule has 0 saturated carbocycles. The molecule has 2 radical (unpaired) electrons. The van der Waals surface area contributed by atoms with Crippen LogP contribution in [0.2, 0.25) is 0 Å². The fourth-order valence-corrected chi connectivity index (χ4v) is 0. The Morgan fingerprint density at radius 3 is 1.62 bits per heavy atom. The first-order valence-corrected chi connectivity index (χ1v) is 0.882. The maximum absolute atomic E-state index is 8.94. The Balaban J connectivity index is -0.0000000267. The van der Waals surface area contributed by atoms with Crippen LogP contribution in [0.1, 0.15) is 0 Å². The molecule has 0 rings (SSSR count). The third kappa shape index (κ3) is 22.9. The molecule has 0 bridgehead atoms. The summed E-state index contributed by atoms with van der Waals surface area (Å²) in [5.74, 6) is -1.55. The van der Waals surface area contributed by atoms with Crippen LogP contribution in [0.25, 0.3) is 0 Å². The third-order valence-electron chi connectivity index (χ3n) is 0.0873. The normalized spacial score (nSPS) is 4.00. The number of hydrogen-bond donors (Lipinski definition) is 1. The summed E-state index contributed by atoms with van der Waals surface area (Å²) in [7, 11) is 0. The first kappa shape index (κ1) is 22.5. The Morgan fingerprint density at radius 1 is 1.50 bits per heavy atom. The van der Waals surface area contributed by atoms with Crippen molar-refractivity contribution in [1.82, 2.24) is 0 Å². The van der Waals surface area contributed by atoms with E-state index in [4.69, 9.17) is 14.7 Å². The van der Waals surface area contributed by atoms with Crippen LogP contribution in [0.3, 0.4) is 0 Å². The van der Waals surface area contributed by atoms with Crippen molar-refractivity contribution in [3.63, 3.8) is 0 Å². The van der Waals surface area contributed by atoms with E-state index in [9.17, 15) is 0 Å².